The number of imide groups is 1. The molecule has 0 radical (unpaired) electrons. The summed E-state index contributed by atoms with van der Waals surface area (Å²) in [5.41, 5.74) is 2.88. The molecule has 0 aliphatic carbocycles. The first-order valence-electron chi connectivity index (χ1n) is 9.52. The second-order valence-electron chi connectivity index (χ2n) is 7.02. The fraction of sp³-hybridized carbons (Fsp3) is 0.304. The summed E-state index contributed by atoms with van der Waals surface area (Å²) in [7, 11) is 0. The zero-order valence-electron chi connectivity index (χ0n) is 16.7. The number of amides is 2. The van der Waals surface area contributed by atoms with Gasteiger partial charge in [-0.15, -0.1) is 11.8 Å². The number of aryl methyl sites for hydroxylation is 1. The average Bonchev–Trinajstić information content (AvgIpc) is 2.91. The molecule has 1 aliphatic heterocycles. The minimum absolute atomic E-state index is 0.187. The van der Waals surface area contributed by atoms with Crippen molar-refractivity contribution in [1.29, 1.82) is 0 Å². The Morgan fingerprint density at radius 2 is 1.61 bits per heavy atom. The Labute approximate surface area is 170 Å². The number of carbonyl (C=O) groups excluding carboxylic acids is 2. The molecule has 0 spiro atoms. The minimum Gasteiger partial charge on any atom is -0.494 e. The second-order valence-corrected chi connectivity index (χ2v) is 8.61. The first kappa shape index (κ1) is 20.2. The predicted molar refractivity (Wildman–Crippen MR) is 116 cm³/mol. The van der Waals surface area contributed by atoms with Crippen LogP contribution in [0.25, 0.3) is 5.57 Å². The van der Waals surface area contributed by atoms with Gasteiger partial charge in [0.15, 0.2) is 0 Å². The van der Waals surface area contributed by atoms with Crippen molar-refractivity contribution in [1.82, 2.24) is 0 Å². The molecule has 0 bridgehead atoms. The van der Waals surface area contributed by atoms with Gasteiger partial charge < -0.3 is 4.74 Å². The lowest BCUT2D eigenvalue weighted by molar-refractivity contribution is -0.119. The van der Waals surface area contributed by atoms with Crippen LogP contribution in [0.3, 0.4) is 0 Å². The van der Waals surface area contributed by atoms with Gasteiger partial charge in [-0.1, -0.05) is 50.6 Å². The number of ether oxygens (including phenoxy) is 1. The molecule has 1 aliphatic rings. The van der Waals surface area contributed by atoms with Crippen molar-refractivity contribution in [2.75, 3.05) is 11.5 Å². The third-order valence-corrected chi connectivity index (χ3v) is 5.39. The van der Waals surface area contributed by atoms with E-state index >= 15 is 0 Å². The second kappa shape index (κ2) is 8.65. The van der Waals surface area contributed by atoms with Crippen LogP contribution in [0.15, 0.2) is 53.4 Å². The van der Waals surface area contributed by atoms with Gasteiger partial charge in [-0.25, -0.2) is 4.90 Å². The van der Waals surface area contributed by atoms with Crippen molar-refractivity contribution in [2.24, 2.45) is 0 Å². The summed E-state index contributed by atoms with van der Waals surface area (Å²) in [6.45, 7) is 8.71. The number of carbonyl (C=O) groups is 2. The van der Waals surface area contributed by atoms with Gasteiger partial charge in [0.05, 0.1) is 22.8 Å². The third-order valence-electron chi connectivity index (χ3n) is 4.30. The van der Waals surface area contributed by atoms with Crippen LogP contribution in [0.1, 0.15) is 38.3 Å². The summed E-state index contributed by atoms with van der Waals surface area (Å²) in [4.78, 5) is 28.2. The van der Waals surface area contributed by atoms with Crippen molar-refractivity contribution < 1.29 is 14.3 Å². The highest BCUT2D eigenvalue weighted by Gasteiger charge is 2.40. The van der Waals surface area contributed by atoms with E-state index in [1.165, 1.54) is 16.7 Å². The minimum atomic E-state index is -0.278. The van der Waals surface area contributed by atoms with E-state index in [-0.39, 0.29) is 17.1 Å². The van der Waals surface area contributed by atoms with Gasteiger partial charge in [-0.2, -0.15) is 0 Å². The molecule has 0 atom stereocenters. The number of benzene rings is 2. The predicted octanol–water partition coefficient (Wildman–Crippen LogP) is 5.21. The van der Waals surface area contributed by atoms with Gasteiger partial charge in [-0.05, 0) is 43.2 Å². The third kappa shape index (κ3) is 4.14. The average molecular weight is 396 g/mol. The van der Waals surface area contributed by atoms with E-state index in [4.69, 9.17) is 4.74 Å². The van der Waals surface area contributed by atoms with Gasteiger partial charge in [0.2, 0.25) is 0 Å². The molecule has 5 heteroatoms. The van der Waals surface area contributed by atoms with E-state index in [0.717, 1.165) is 23.3 Å². The van der Waals surface area contributed by atoms with Crippen LogP contribution >= 0.6 is 11.8 Å². The molecule has 28 heavy (non-hydrogen) atoms. The Morgan fingerprint density at radius 3 is 2.18 bits per heavy atom. The van der Waals surface area contributed by atoms with Crippen LogP contribution in [0.5, 0.6) is 5.75 Å². The van der Waals surface area contributed by atoms with E-state index in [2.05, 4.69) is 6.92 Å². The topological polar surface area (TPSA) is 46.6 Å². The molecule has 2 aromatic rings. The maximum absolute atomic E-state index is 13.3. The first-order chi connectivity index (χ1) is 13.4. The van der Waals surface area contributed by atoms with Gasteiger partial charge in [-0.3, -0.25) is 9.59 Å². The monoisotopic (exact) mass is 395 g/mol. The van der Waals surface area contributed by atoms with E-state index < -0.39 is 0 Å². The Balaban J connectivity index is 1.99. The van der Waals surface area contributed by atoms with E-state index in [9.17, 15) is 9.59 Å². The molecule has 0 unspecified atom stereocenters. The van der Waals surface area contributed by atoms with Gasteiger partial charge in [0.1, 0.15) is 5.75 Å². The number of hydrogen-bond acceptors (Lipinski definition) is 4. The molecular weight excluding hydrogens is 370 g/mol. The number of thioether (sulfide) groups is 1. The Morgan fingerprint density at radius 1 is 0.964 bits per heavy atom. The van der Waals surface area contributed by atoms with Gasteiger partial charge >= 0.3 is 0 Å². The fourth-order valence-corrected chi connectivity index (χ4v) is 3.96. The van der Waals surface area contributed by atoms with Crippen LogP contribution in [-0.4, -0.2) is 23.7 Å². The van der Waals surface area contributed by atoms with Gasteiger partial charge in [0, 0.05) is 5.25 Å². The normalized spacial score (nSPS) is 14.4. The molecule has 3 rings (SSSR count). The fourth-order valence-electron chi connectivity index (χ4n) is 2.98. The summed E-state index contributed by atoms with van der Waals surface area (Å²) in [6, 6.07) is 14.8. The molecule has 1 heterocycles. The molecule has 2 amide bonds. The van der Waals surface area contributed by atoms with Crippen LogP contribution in [-0.2, 0) is 9.59 Å². The number of rotatable bonds is 7. The summed E-state index contributed by atoms with van der Waals surface area (Å²) in [5.74, 6) is 0.226. The maximum atomic E-state index is 13.3. The highest BCUT2D eigenvalue weighted by molar-refractivity contribution is 8.04. The SMILES string of the molecule is CCCOc1ccc(C2=C(SC(C)C)C(=O)N(c3ccc(C)cc3)C2=O)cc1. The molecular formula is C23H25NO3S. The molecule has 0 N–H and O–H groups in total. The first-order valence-corrected chi connectivity index (χ1v) is 10.4. The molecule has 146 valence electrons. The Bertz CT molecular complexity index is 898. The summed E-state index contributed by atoms with van der Waals surface area (Å²) >= 11 is 1.43. The molecule has 0 aromatic heterocycles. The van der Waals surface area contributed by atoms with Crippen LogP contribution in [0.2, 0.25) is 0 Å². The molecule has 2 aromatic carbocycles. The van der Waals surface area contributed by atoms with Crippen molar-refractivity contribution in [3.05, 3.63) is 64.6 Å². The van der Waals surface area contributed by atoms with Crippen LogP contribution in [0.4, 0.5) is 5.69 Å². The summed E-state index contributed by atoms with van der Waals surface area (Å²) in [6.07, 6.45) is 0.931. The highest BCUT2D eigenvalue weighted by atomic mass is 32.2. The van der Waals surface area contributed by atoms with Crippen LogP contribution < -0.4 is 9.64 Å². The number of hydrogen-bond donors (Lipinski definition) is 0. The smallest absolute Gasteiger partial charge is 0.272 e. The van der Waals surface area contributed by atoms with Crippen molar-refractivity contribution in [3.63, 3.8) is 0 Å². The van der Waals surface area contributed by atoms with E-state index in [1.54, 1.807) is 0 Å². The highest BCUT2D eigenvalue weighted by Crippen LogP contribution is 2.40. The summed E-state index contributed by atoms with van der Waals surface area (Å²) in [5, 5.41) is 0.187. The maximum Gasteiger partial charge on any atom is 0.272 e. The van der Waals surface area contributed by atoms with Crippen molar-refractivity contribution in [3.8, 4) is 5.75 Å². The number of nitrogens with zero attached hydrogens (tertiary/aromatic N) is 1. The van der Waals surface area contributed by atoms with E-state index in [1.807, 2.05) is 69.3 Å². The quantitative estimate of drug-likeness (QED) is 0.604. The van der Waals surface area contributed by atoms with Crippen molar-refractivity contribution >= 4 is 34.8 Å². The summed E-state index contributed by atoms with van der Waals surface area (Å²) < 4.78 is 5.63. The standard InChI is InChI=1S/C23H25NO3S/c1-5-14-27-19-12-8-17(9-13-19)20-21(28-15(2)3)23(26)24(22(20)25)18-10-6-16(4)7-11-18/h6-13,15H,5,14H2,1-4H3. The molecule has 0 saturated carbocycles. The molecule has 4 nitrogen and oxygen atoms in total. The van der Waals surface area contributed by atoms with E-state index in [0.29, 0.717) is 22.8 Å². The Hall–Kier alpha value is -2.53. The van der Waals surface area contributed by atoms with Crippen molar-refractivity contribution in [2.45, 2.75) is 39.4 Å². The lowest BCUT2D eigenvalue weighted by Gasteiger charge is -2.15. The molecule has 0 saturated heterocycles. The Kier molecular flexibility index (Phi) is 6.25. The zero-order valence-corrected chi connectivity index (χ0v) is 17.5. The van der Waals surface area contributed by atoms with Crippen LogP contribution in [0, 0.1) is 6.92 Å². The largest absolute Gasteiger partial charge is 0.494 e. The lowest BCUT2D eigenvalue weighted by atomic mass is 10.1. The number of anilines is 1. The lowest BCUT2D eigenvalue weighted by Crippen LogP contribution is -2.31. The molecule has 0 fully saturated rings. The zero-order chi connectivity index (χ0) is 20.3. The van der Waals surface area contributed by atoms with Gasteiger partial charge in [0.25, 0.3) is 11.8 Å².